The van der Waals surface area contributed by atoms with Gasteiger partial charge in [0.15, 0.2) is 0 Å². The SMILES string of the molecule is COC(=O)c1ccc(Nc2nc(Cl)nc(NC3Cc4ccccc4C3)n2)cc1. The number of aromatic nitrogens is 3. The summed E-state index contributed by atoms with van der Waals surface area (Å²) in [4.78, 5) is 24.2. The van der Waals surface area contributed by atoms with Gasteiger partial charge in [-0.05, 0) is 59.8 Å². The number of methoxy groups -OCH3 is 1. The third kappa shape index (κ3) is 4.04. The smallest absolute Gasteiger partial charge is 0.337 e. The molecule has 0 amide bonds. The van der Waals surface area contributed by atoms with Crippen molar-refractivity contribution in [2.45, 2.75) is 18.9 Å². The van der Waals surface area contributed by atoms with Crippen LogP contribution in [0, 0.1) is 0 Å². The molecule has 2 aromatic carbocycles. The van der Waals surface area contributed by atoms with Crippen LogP contribution >= 0.6 is 11.6 Å². The topological polar surface area (TPSA) is 89.0 Å². The van der Waals surface area contributed by atoms with Crippen LogP contribution < -0.4 is 10.6 Å². The van der Waals surface area contributed by atoms with E-state index >= 15 is 0 Å². The Labute approximate surface area is 167 Å². The summed E-state index contributed by atoms with van der Waals surface area (Å²) >= 11 is 6.07. The highest BCUT2D eigenvalue weighted by atomic mass is 35.5. The average Bonchev–Trinajstić information content (AvgIpc) is 3.09. The molecule has 142 valence electrons. The quantitative estimate of drug-likeness (QED) is 0.637. The Morgan fingerprint density at radius 1 is 1.00 bits per heavy atom. The van der Waals surface area contributed by atoms with Crippen molar-refractivity contribution < 1.29 is 9.53 Å². The predicted octanol–water partition coefficient (Wildman–Crippen LogP) is 3.63. The van der Waals surface area contributed by atoms with Crippen LogP contribution in [-0.2, 0) is 17.6 Å². The van der Waals surface area contributed by atoms with Crippen molar-refractivity contribution in [3.05, 3.63) is 70.5 Å². The molecule has 0 aliphatic heterocycles. The summed E-state index contributed by atoms with van der Waals surface area (Å²) in [6, 6.07) is 15.4. The van der Waals surface area contributed by atoms with E-state index in [-0.39, 0.29) is 17.3 Å². The molecule has 8 heteroatoms. The number of hydrogen-bond acceptors (Lipinski definition) is 7. The van der Waals surface area contributed by atoms with Crippen LogP contribution in [0.3, 0.4) is 0 Å². The number of hydrogen-bond donors (Lipinski definition) is 2. The van der Waals surface area contributed by atoms with Crippen molar-refractivity contribution in [1.29, 1.82) is 0 Å². The second kappa shape index (κ2) is 7.82. The summed E-state index contributed by atoms with van der Waals surface area (Å²) in [5.41, 5.74) is 3.85. The van der Waals surface area contributed by atoms with Crippen molar-refractivity contribution in [3.8, 4) is 0 Å². The molecule has 1 aromatic heterocycles. The number of anilines is 3. The standard InChI is InChI=1S/C20H18ClN5O2/c1-28-17(27)12-6-8-15(9-7-12)22-19-24-18(21)25-20(26-19)23-16-10-13-4-2-3-5-14(13)11-16/h2-9,16H,10-11H2,1H3,(H2,22,23,24,25,26). The monoisotopic (exact) mass is 395 g/mol. The van der Waals surface area contributed by atoms with Crippen molar-refractivity contribution in [1.82, 2.24) is 15.0 Å². The van der Waals surface area contributed by atoms with Gasteiger partial charge in [0.1, 0.15) is 0 Å². The number of nitrogens with one attached hydrogen (secondary N) is 2. The van der Waals surface area contributed by atoms with Gasteiger partial charge in [0.05, 0.1) is 12.7 Å². The molecule has 1 heterocycles. The Morgan fingerprint density at radius 3 is 2.29 bits per heavy atom. The Morgan fingerprint density at radius 2 is 1.64 bits per heavy atom. The van der Waals surface area contributed by atoms with Gasteiger partial charge in [-0.25, -0.2) is 4.79 Å². The highest BCUT2D eigenvalue weighted by Crippen LogP contribution is 2.24. The second-order valence-electron chi connectivity index (χ2n) is 6.46. The van der Waals surface area contributed by atoms with E-state index in [1.54, 1.807) is 24.3 Å². The highest BCUT2D eigenvalue weighted by molar-refractivity contribution is 6.28. The lowest BCUT2D eigenvalue weighted by Crippen LogP contribution is -2.21. The van der Waals surface area contributed by atoms with E-state index in [1.807, 2.05) is 0 Å². The van der Waals surface area contributed by atoms with Crippen molar-refractivity contribution >= 4 is 35.2 Å². The minimum Gasteiger partial charge on any atom is -0.465 e. The van der Waals surface area contributed by atoms with Crippen molar-refractivity contribution in [2.24, 2.45) is 0 Å². The lowest BCUT2D eigenvalue weighted by atomic mass is 10.1. The van der Waals surface area contributed by atoms with Crippen LogP contribution in [-0.4, -0.2) is 34.1 Å². The fourth-order valence-corrected chi connectivity index (χ4v) is 3.41. The maximum atomic E-state index is 11.5. The van der Waals surface area contributed by atoms with Gasteiger partial charge in [0.2, 0.25) is 17.2 Å². The van der Waals surface area contributed by atoms with Gasteiger partial charge in [-0.15, -0.1) is 0 Å². The van der Waals surface area contributed by atoms with E-state index in [0.717, 1.165) is 12.8 Å². The summed E-state index contributed by atoms with van der Waals surface area (Å²) in [7, 11) is 1.35. The number of rotatable bonds is 5. The Bertz CT molecular complexity index is 985. The summed E-state index contributed by atoms with van der Waals surface area (Å²) in [6.45, 7) is 0. The van der Waals surface area contributed by atoms with E-state index < -0.39 is 0 Å². The Balaban J connectivity index is 1.46. The first-order valence-electron chi connectivity index (χ1n) is 8.81. The molecule has 1 aliphatic carbocycles. The van der Waals surface area contributed by atoms with Gasteiger partial charge in [-0.2, -0.15) is 15.0 Å². The molecule has 7 nitrogen and oxygen atoms in total. The van der Waals surface area contributed by atoms with Crippen LogP contribution in [0.1, 0.15) is 21.5 Å². The van der Waals surface area contributed by atoms with Crippen LogP contribution in [0.5, 0.6) is 0 Å². The maximum Gasteiger partial charge on any atom is 0.337 e. The lowest BCUT2D eigenvalue weighted by molar-refractivity contribution is 0.0601. The molecule has 0 bridgehead atoms. The molecule has 0 atom stereocenters. The van der Waals surface area contributed by atoms with Crippen LogP contribution in [0.2, 0.25) is 5.28 Å². The zero-order valence-corrected chi connectivity index (χ0v) is 15.9. The van der Waals surface area contributed by atoms with E-state index in [2.05, 4.69) is 49.9 Å². The predicted molar refractivity (Wildman–Crippen MR) is 107 cm³/mol. The number of halogens is 1. The summed E-state index contributed by atoms with van der Waals surface area (Å²) in [5.74, 6) is 0.356. The number of nitrogens with zero attached hydrogens (tertiary/aromatic N) is 3. The molecule has 0 saturated carbocycles. The largest absolute Gasteiger partial charge is 0.465 e. The van der Waals surface area contributed by atoms with Gasteiger partial charge in [0, 0.05) is 11.7 Å². The first-order valence-corrected chi connectivity index (χ1v) is 9.19. The highest BCUT2D eigenvalue weighted by Gasteiger charge is 2.22. The molecule has 1 aliphatic rings. The Hall–Kier alpha value is -3.19. The van der Waals surface area contributed by atoms with E-state index in [1.165, 1.54) is 18.2 Å². The van der Waals surface area contributed by atoms with E-state index in [9.17, 15) is 4.79 Å². The number of benzene rings is 2. The molecule has 28 heavy (non-hydrogen) atoms. The van der Waals surface area contributed by atoms with E-state index in [4.69, 9.17) is 16.3 Å². The van der Waals surface area contributed by atoms with E-state index in [0.29, 0.717) is 23.1 Å². The van der Waals surface area contributed by atoms with Gasteiger partial charge < -0.3 is 15.4 Å². The van der Waals surface area contributed by atoms with Gasteiger partial charge in [-0.1, -0.05) is 24.3 Å². The van der Waals surface area contributed by atoms with Crippen LogP contribution in [0.25, 0.3) is 0 Å². The van der Waals surface area contributed by atoms with Gasteiger partial charge >= 0.3 is 5.97 Å². The van der Waals surface area contributed by atoms with Crippen molar-refractivity contribution in [3.63, 3.8) is 0 Å². The van der Waals surface area contributed by atoms with Crippen molar-refractivity contribution in [2.75, 3.05) is 17.7 Å². The molecule has 0 fully saturated rings. The average molecular weight is 396 g/mol. The van der Waals surface area contributed by atoms with Crippen LogP contribution in [0.4, 0.5) is 17.6 Å². The second-order valence-corrected chi connectivity index (χ2v) is 6.80. The normalized spacial score (nSPS) is 13.1. The zero-order chi connectivity index (χ0) is 19.5. The minimum absolute atomic E-state index is 0.0988. The molecule has 4 rings (SSSR count). The molecule has 0 spiro atoms. The van der Waals surface area contributed by atoms with Gasteiger partial charge in [-0.3, -0.25) is 0 Å². The fraction of sp³-hybridized carbons (Fsp3) is 0.200. The first kappa shape index (κ1) is 18.2. The number of esters is 1. The number of carbonyl (C=O) groups excluding carboxylic acids is 1. The third-order valence-corrected chi connectivity index (χ3v) is 4.72. The molecule has 0 saturated heterocycles. The third-order valence-electron chi connectivity index (χ3n) is 4.55. The summed E-state index contributed by atoms with van der Waals surface area (Å²) in [6.07, 6.45) is 1.83. The minimum atomic E-state index is -0.390. The molecular weight excluding hydrogens is 378 g/mol. The Kier molecular flexibility index (Phi) is 5.08. The van der Waals surface area contributed by atoms with Gasteiger partial charge in [0.25, 0.3) is 0 Å². The fourth-order valence-electron chi connectivity index (χ4n) is 3.25. The summed E-state index contributed by atoms with van der Waals surface area (Å²) < 4.78 is 4.69. The first-order chi connectivity index (χ1) is 13.6. The summed E-state index contributed by atoms with van der Waals surface area (Å²) in [5, 5.41) is 6.51. The van der Waals surface area contributed by atoms with Crippen LogP contribution in [0.15, 0.2) is 48.5 Å². The zero-order valence-electron chi connectivity index (χ0n) is 15.1. The number of ether oxygens (including phenoxy) is 1. The maximum absolute atomic E-state index is 11.5. The number of carbonyl (C=O) groups is 1. The molecule has 2 N–H and O–H groups in total. The molecule has 0 radical (unpaired) electrons. The molecule has 3 aromatic rings. The lowest BCUT2D eigenvalue weighted by Gasteiger charge is -2.13. The molecular formula is C20H18ClN5O2. The number of fused-ring (bicyclic) bond motifs is 1. The molecule has 0 unspecified atom stereocenters.